The summed E-state index contributed by atoms with van der Waals surface area (Å²) in [6.45, 7) is 4.96. The molecule has 2 aromatic carbocycles. The number of tetrazole rings is 4. The maximum absolute atomic E-state index is 11.5. The molecule has 0 saturated carbocycles. The van der Waals surface area contributed by atoms with Gasteiger partial charge in [-0.3, -0.25) is 9.59 Å². The van der Waals surface area contributed by atoms with Crippen LogP contribution in [0, 0.1) is 0 Å². The molecule has 0 bridgehead atoms. The number of hydrogen-bond acceptors (Lipinski definition) is 15. The standard InChI is InChI=1S/C15H18N4O2.C13H14N4.C6H8N4O.C6H10N4/c1-11(20)21-14(12-7-3-2-4-8-12)13-9-5-6-10-19-15(13)16-17-18-19;1-2-6-11(7-3-1)10-12-8-4-5-9-17-13(12)14-15-16-17;11-5-3-1-2-4-10-6(5)7-8-9-10;1-2-4-6-7-8-9-10(6)5-3-1/h2-4,7-8,13-14H,5-6,9-10H2,1H3;1-3,6-7,10H,4-5,8-9H2;1-4H2;1-5H2. The molecule has 6 aromatic rings. The Morgan fingerprint density at radius 2 is 1.20 bits per heavy atom. The first-order valence-corrected chi connectivity index (χ1v) is 20.6. The molecule has 4 aliphatic rings. The summed E-state index contributed by atoms with van der Waals surface area (Å²) in [7, 11) is 0. The predicted octanol–water partition coefficient (Wildman–Crippen LogP) is 5.08. The lowest BCUT2D eigenvalue weighted by molar-refractivity contribution is -0.148. The number of carbonyl (C=O) groups excluding carboxylic acids is 2. The predicted molar refractivity (Wildman–Crippen MR) is 213 cm³/mol. The van der Waals surface area contributed by atoms with E-state index >= 15 is 0 Å². The van der Waals surface area contributed by atoms with Crippen LogP contribution in [-0.2, 0) is 42.1 Å². The zero-order valence-corrected chi connectivity index (χ0v) is 33.4. The molecule has 0 saturated heterocycles. The number of fused-ring (bicyclic) bond motifs is 4. The first-order chi connectivity index (χ1) is 29.0. The minimum Gasteiger partial charge on any atom is -0.457 e. The fourth-order valence-corrected chi connectivity index (χ4v) is 7.55. The molecular weight excluding hydrogens is 753 g/mol. The fourth-order valence-electron chi connectivity index (χ4n) is 7.55. The van der Waals surface area contributed by atoms with Crippen LogP contribution in [0.2, 0.25) is 0 Å². The Hall–Kier alpha value is -6.40. The lowest BCUT2D eigenvalue weighted by Crippen LogP contribution is -2.20. The van der Waals surface area contributed by atoms with Crippen LogP contribution in [0.3, 0.4) is 0 Å². The van der Waals surface area contributed by atoms with Crippen LogP contribution in [0.4, 0.5) is 0 Å². The molecule has 0 N–H and O–H groups in total. The zero-order chi connectivity index (χ0) is 40.7. The second kappa shape index (κ2) is 20.9. The van der Waals surface area contributed by atoms with Gasteiger partial charge in [0.25, 0.3) is 0 Å². The summed E-state index contributed by atoms with van der Waals surface area (Å²) in [5.74, 6) is 2.97. The average molecular weight is 803 g/mol. The van der Waals surface area contributed by atoms with Gasteiger partial charge in [0.2, 0.25) is 11.6 Å². The lowest BCUT2D eigenvalue weighted by Gasteiger charge is -2.25. The highest BCUT2D eigenvalue weighted by Crippen LogP contribution is 2.38. The Morgan fingerprint density at radius 1 is 0.627 bits per heavy atom. The molecule has 0 radical (unpaired) electrons. The van der Waals surface area contributed by atoms with Crippen molar-refractivity contribution in [2.75, 3.05) is 0 Å². The number of aryl methyl sites for hydroxylation is 5. The van der Waals surface area contributed by atoms with Crippen molar-refractivity contribution in [1.82, 2.24) is 80.8 Å². The van der Waals surface area contributed by atoms with Gasteiger partial charge in [0.1, 0.15) is 6.10 Å². The van der Waals surface area contributed by atoms with E-state index in [1.807, 2.05) is 62.6 Å². The molecule has 0 aliphatic carbocycles. The first-order valence-electron chi connectivity index (χ1n) is 20.6. The van der Waals surface area contributed by atoms with Crippen LogP contribution < -0.4 is 0 Å². The Labute approximate surface area is 341 Å². The minimum absolute atomic E-state index is 0.00574. The zero-order valence-electron chi connectivity index (χ0n) is 33.4. The molecule has 19 heteroatoms. The van der Waals surface area contributed by atoms with Crippen LogP contribution in [0.25, 0.3) is 11.6 Å². The van der Waals surface area contributed by atoms with Gasteiger partial charge in [0.05, 0.1) is 5.92 Å². The molecular formula is C40H50N16O3. The van der Waals surface area contributed by atoms with Gasteiger partial charge in [-0.05, 0) is 122 Å². The van der Waals surface area contributed by atoms with Gasteiger partial charge in [-0.25, -0.2) is 18.7 Å². The number of hydrogen-bond donors (Lipinski definition) is 0. The number of aromatic nitrogens is 16. The molecule has 0 amide bonds. The van der Waals surface area contributed by atoms with Crippen LogP contribution in [-0.4, -0.2) is 92.6 Å². The van der Waals surface area contributed by atoms with E-state index in [0.29, 0.717) is 12.2 Å². The quantitative estimate of drug-likeness (QED) is 0.212. The molecule has 10 rings (SSSR count). The Balaban J connectivity index is 0.000000124. The van der Waals surface area contributed by atoms with Crippen molar-refractivity contribution >= 4 is 23.4 Å². The molecule has 19 nitrogen and oxygen atoms in total. The van der Waals surface area contributed by atoms with Crippen molar-refractivity contribution in [3.8, 4) is 0 Å². The third-order valence-electron chi connectivity index (χ3n) is 10.5. The highest BCUT2D eigenvalue weighted by molar-refractivity contribution is 5.92. The van der Waals surface area contributed by atoms with Gasteiger partial charge in [0, 0.05) is 45.9 Å². The second-order valence-electron chi connectivity index (χ2n) is 14.8. The molecule has 4 aromatic heterocycles. The van der Waals surface area contributed by atoms with E-state index in [-0.39, 0.29) is 23.8 Å². The number of esters is 1. The van der Waals surface area contributed by atoms with E-state index in [1.54, 1.807) is 4.68 Å². The largest absolute Gasteiger partial charge is 0.457 e. The van der Waals surface area contributed by atoms with Crippen LogP contribution in [0.1, 0.15) is 135 Å². The third kappa shape index (κ3) is 11.2. The van der Waals surface area contributed by atoms with Crippen molar-refractivity contribution in [2.45, 2.75) is 129 Å². The van der Waals surface area contributed by atoms with Gasteiger partial charge >= 0.3 is 5.97 Å². The normalized spacial score (nSPS) is 18.4. The molecule has 8 heterocycles. The van der Waals surface area contributed by atoms with Gasteiger partial charge in [-0.15, -0.1) is 20.4 Å². The van der Waals surface area contributed by atoms with E-state index in [9.17, 15) is 9.59 Å². The molecule has 0 fully saturated rings. The number of allylic oxidation sites excluding steroid dienone is 1. The topological polar surface area (TPSA) is 218 Å². The highest BCUT2D eigenvalue weighted by Gasteiger charge is 2.33. The van der Waals surface area contributed by atoms with Crippen molar-refractivity contribution in [3.63, 3.8) is 0 Å². The summed E-state index contributed by atoms with van der Waals surface area (Å²) in [5, 5.41) is 46.1. The van der Waals surface area contributed by atoms with E-state index in [0.717, 1.165) is 101 Å². The van der Waals surface area contributed by atoms with Crippen LogP contribution in [0.15, 0.2) is 60.7 Å². The van der Waals surface area contributed by atoms with E-state index in [2.05, 4.69) is 80.3 Å². The Kier molecular flexibility index (Phi) is 14.4. The molecule has 2 unspecified atom stereocenters. The number of benzene rings is 2. The first kappa shape index (κ1) is 40.8. The minimum atomic E-state index is -0.341. The van der Waals surface area contributed by atoms with Gasteiger partial charge < -0.3 is 4.74 Å². The Morgan fingerprint density at radius 3 is 1.98 bits per heavy atom. The van der Waals surface area contributed by atoms with Crippen LogP contribution >= 0.6 is 0 Å². The van der Waals surface area contributed by atoms with Crippen molar-refractivity contribution < 1.29 is 14.3 Å². The second-order valence-corrected chi connectivity index (χ2v) is 14.8. The fraction of sp³-hybridized carbons (Fsp3) is 0.500. The van der Waals surface area contributed by atoms with E-state index in [1.165, 1.54) is 43.7 Å². The Bertz CT molecular complexity index is 2230. The number of nitrogens with zero attached hydrogens (tertiary/aromatic N) is 16. The summed E-state index contributed by atoms with van der Waals surface area (Å²) in [6, 6.07) is 20.1. The summed E-state index contributed by atoms with van der Waals surface area (Å²) in [4.78, 5) is 22.7. The maximum Gasteiger partial charge on any atom is 0.303 e. The van der Waals surface area contributed by atoms with E-state index in [4.69, 9.17) is 4.74 Å². The lowest BCUT2D eigenvalue weighted by atomic mass is 9.91. The maximum atomic E-state index is 11.5. The molecule has 308 valence electrons. The number of ether oxygens (including phenoxy) is 1. The van der Waals surface area contributed by atoms with Crippen molar-refractivity contribution in [1.29, 1.82) is 0 Å². The summed E-state index contributed by atoms with van der Waals surface area (Å²) in [5.41, 5.74) is 3.42. The smallest absolute Gasteiger partial charge is 0.303 e. The summed E-state index contributed by atoms with van der Waals surface area (Å²) >= 11 is 0. The summed E-state index contributed by atoms with van der Waals surface area (Å²) < 4.78 is 12.8. The number of Topliss-reactive ketones (excluding diaryl/α,β-unsaturated/α-hetero) is 1. The molecule has 0 spiro atoms. The molecule has 4 aliphatic heterocycles. The number of ketones is 1. The molecule has 2 atom stereocenters. The van der Waals surface area contributed by atoms with Gasteiger partial charge in [-0.1, -0.05) is 73.5 Å². The highest BCUT2D eigenvalue weighted by atomic mass is 16.5. The number of rotatable bonds is 4. The third-order valence-corrected chi connectivity index (χ3v) is 10.5. The average Bonchev–Trinajstić information content (AvgIpc) is 4.04. The molecule has 59 heavy (non-hydrogen) atoms. The van der Waals surface area contributed by atoms with Gasteiger partial charge in [-0.2, -0.15) is 0 Å². The van der Waals surface area contributed by atoms with Crippen molar-refractivity contribution in [2.24, 2.45) is 0 Å². The monoisotopic (exact) mass is 802 g/mol. The summed E-state index contributed by atoms with van der Waals surface area (Å²) in [6.07, 6.45) is 15.5. The number of carbonyl (C=O) groups is 2. The van der Waals surface area contributed by atoms with Crippen molar-refractivity contribution in [3.05, 3.63) is 95.1 Å². The SMILES string of the molecule is C(=C1CCCCn2nnnc21)c1ccccc1.C1CCc2nnnn2CC1.CC(=O)OC(c1ccccc1)C1CCCCn2nnnc21.O=C1CCCCn2nnnc21. The van der Waals surface area contributed by atoms with Gasteiger partial charge in [0.15, 0.2) is 17.5 Å². The van der Waals surface area contributed by atoms with E-state index < -0.39 is 0 Å². The van der Waals surface area contributed by atoms with Crippen LogP contribution in [0.5, 0.6) is 0 Å².